The maximum atomic E-state index is 11.8. The van der Waals surface area contributed by atoms with E-state index in [9.17, 15) is 4.79 Å². The van der Waals surface area contributed by atoms with Gasteiger partial charge >= 0.3 is 0 Å². The van der Waals surface area contributed by atoms with Crippen molar-refractivity contribution in [1.29, 1.82) is 0 Å². The Labute approximate surface area is 212 Å². The Hall–Kier alpha value is -3.95. The van der Waals surface area contributed by atoms with Gasteiger partial charge in [0.2, 0.25) is 11.4 Å². The molecule has 1 N–H and O–H groups in total. The van der Waals surface area contributed by atoms with Crippen molar-refractivity contribution in [1.82, 2.24) is 24.8 Å². The Balaban J connectivity index is 1.37. The third-order valence-electron chi connectivity index (χ3n) is 6.27. The number of pyridine rings is 2. The molecule has 6 rings (SSSR count). The van der Waals surface area contributed by atoms with Crippen molar-refractivity contribution in [2.75, 3.05) is 38.1 Å². The van der Waals surface area contributed by atoms with Crippen molar-refractivity contribution >= 4 is 39.3 Å². The van der Waals surface area contributed by atoms with Gasteiger partial charge in [-0.15, -0.1) is 0 Å². The predicted octanol–water partition coefficient (Wildman–Crippen LogP) is 4.56. The molecule has 0 saturated carbocycles. The fourth-order valence-electron chi connectivity index (χ4n) is 4.29. The summed E-state index contributed by atoms with van der Waals surface area (Å²) in [5.41, 5.74) is 2.30. The highest BCUT2D eigenvalue weighted by molar-refractivity contribution is 7.99. The van der Waals surface area contributed by atoms with Crippen molar-refractivity contribution in [2.45, 2.75) is 10.1 Å². The number of hydrogen-bond donors (Lipinski definition) is 1. The molecule has 0 unspecified atom stereocenters. The molecule has 0 radical (unpaired) electrons. The van der Waals surface area contributed by atoms with Crippen LogP contribution in [0.4, 0.5) is 5.69 Å². The summed E-state index contributed by atoms with van der Waals surface area (Å²) in [4.78, 5) is 34.2. The molecule has 36 heavy (non-hydrogen) atoms. The summed E-state index contributed by atoms with van der Waals surface area (Å²) in [5.74, 6) is 1.16. The molecule has 4 heterocycles. The number of fused-ring (bicyclic) bond motifs is 2. The molecule has 1 aliphatic rings. The molecule has 1 saturated heterocycles. The van der Waals surface area contributed by atoms with E-state index in [1.165, 1.54) is 17.8 Å². The summed E-state index contributed by atoms with van der Waals surface area (Å²) in [6.45, 7) is 3.66. The number of piperazine rings is 1. The fourth-order valence-corrected chi connectivity index (χ4v) is 5.05. The third-order valence-corrected chi connectivity index (χ3v) is 7.13. The van der Waals surface area contributed by atoms with Crippen LogP contribution in [-0.2, 0) is 0 Å². The normalized spacial score (nSPS) is 14.4. The van der Waals surface area contributed by atoms with E-state index in [1.807, 2.05) is 60.8 Å². The number of anilines is 1. The van der Waals surface area contributed by atoms with Crippen LogP contribution < -0.4 is 15.2 Å². The van der Waals surface area contributed by atoms with Crippen LogP contribution >= 0.6 is 11.8 Å². The molecule has 180 valence electrons. The summed E-state index contributed by atoms with van der Waals surface area (Å²) in [5, 5.41) is 2.54. The van der Waals surface area contributed by atoms with Crippen molar-refractivity contribution in [3.8, 4) is 11.6 Å². The first-order valence-electron chi connectivity index (χ1n) is 11.8. The van der Waals surface area contributed by atoms with Crippen molar-refractivity contribution in [2.24, 2.45) is 0 Å². The molecule has 0 atom stereocenters. The smallest absolute Gasteiger partial charge is 0.248 e. The first kappa shape index (κ1) is 22.5. The number of ether oxygens (including phenoxy) is 1. The lowest BCUT2D eigenvalue weighted by atomic mass is 10.2. The first-order valence-corrected chi connectivity index (χ1v) is 12.6. The number of hydrogen-bond acceptors (Lipinski definition) is 8. The Morgan fingerprint density at radius 2 is 1.78 bits per heavy atom. The highest BCUT2D eigenvalue weighted by Crippen LogP contribution is 2.36. The maximum Gasteiger partial charge on any atom is 0.248 e. The third kappa shape index (κ3) is 4.62. The number of nitrogens with one attached hydrogen (secondary N) is 1. The van der Waals surface area contributed by atoms with Gasteiger partial charge in [-0.05, 0) is 54.5 Å². The van der Waals surface area contributed by atoms with Gasteiger partial charge in [0.15, 0.2) is 10.9 Å². The zero-order valence-electron chi connectivity index (χ0n) is 19.7. The Morgan fingerprint density at radius 3 is 2.67 bits per heavy atom. The van der Waals surface area contributed by atoms with Crippen molar-refractivity contribution < 1.29 is 4.74 Å². The molecule has 0 spiro atoms. The fraction of sp³-hybridized carbons (Fsp3) is 0.185. The van der Waals surface area contributed by atoms with Gasteiger partial charge in [-0.2, -0.15) is 4.98 Å². The van der Waals surface area contributed by atoms with E-state index in [-0.39, 0.29) is 5.56 Å². The number of H-pyrrole nitrogens is 1. The quantitative estimate of drug-likeness (QED) is 0.354. The van der Waals surface area contributed by atoms with E-state index < -0.39 is 0 Å². The summed E-state index contributed by atoms with van der Waals surface area (Å²) in [7, 11) is 2.13. The van der Waals surface area contributed by atoms with Gasteiger partial charge in [-0.25, -0.2) is 4.98 Å². The van der Waals surface area contributed by atoms with E-state index in [2.05, 4.69) is 31.8 Å². The Bertz CT molecular complexity index is 1610. The Morgan fingerprint density at radius 1 is 0.944 bits per heavy atom. The molecule has 0 bridgehead atoms. The van der Waals surface area contributed by atoms with Gasteiger partial charge in [0.05, 0.1) is 6.20 Å². The molecular weight excluding hydrogens is 472 g/mol. The molecule has 0 aliphatic carbocycles. The number of nitrogens with zero attached hydrogens (tertiary/aromatic N) is 5. The zero-order chi connectivity index (χ0) is 24.5. The molecule has 0 amide bonds. The summed E-state index contributed by atoms with van der Waals surface area (Å²) in [6.07, 6.45) is 3.61. The molecule has 3 aromatic heterocycles. The highest BCUT2D eigenvalue weighted by atomic mass is 32.2. The largest absolute Gasteiger partial charge is 0.435 e. The van der Waals surface area contributed by atoms with Gasteiger partial charge in [0.25, 0.3) is 0 Å². The second-order valence-corrected chi connectivity index (χ2v) is 9.78. The van der Waals surface area contributed by atoms with Crippen LogP contribution in [0.15, 0.2) is 87.9 Å². The summed E-state index contributed by atoms with van der Waals surface area (Å²) >= 11 is 1.43. The molecule has 5 aromatic rings. The lowest BCUT2D eigenvalue weighted by Gasteiger charge is -2.34. The van der Waals surface area contributed by atoms with Crippen LogP contribution in [0.25, 0.3) is 21.8 Å². The second-order valence-electron chi connectivity index (χ2n) is 8.74. The molecule has 2 aromatic carbocycles. The van der Waals surface area contributed by atoms with Crippen molar-refractivity contribution in [3.63, 3.8) is 0 Å². The number of aromatic amines is 1. The number of likely N-dealkylation sites (N-methyl/N-ethyl adjacent to an activating group) is 1. The van der Waals surface area contributed by atoms with E-state index in [1.54, 1.807) is 6.20 Å². The summed E-state index contributed by atoms with van der Waals surface area (Å²) in [6, 6.07) is 19.1. The van der Waals surface area contributed by atoms with Crippen molar-refractivity contribution in [3.05, 3.63) is 83.4 Å². The van der Waals surface area contributed by atoms with E-state index in [0.29, 0.717) is 16.8 Å². The average molecular weight is 497 g/mol. The van der Waals surface area contributed by atoms with Crippen LogP contribution in [0.2, 0.25) is 0 Å². The van der Waals surface area contributed by atoms with Gasteiger partial charge in [-0.3, -0.25) is 9.78 Å². The van der Waals surface area contributed by atoms with Crippen LogP contribution in [0.3, 0.4) is 0 Å². The lowest BCUT2D eigenvalue weighted by Crippen LogP contribution is -2.44. The van der Waals surface area contributed by atoms with Crippen LogP contribution in [0, 0.1) is 0 Å². The van der Waals surface area contributed by atoms with E-state index in [4.69, 9.17) is 9.72 Å². The van der Waals surface area contributed by atoms with Crippen LogP contribution in [0.5, 0.6) is 11.6 Å². The van der Waals surface area contributed by atoms with Crippen LogP contribution in [-0.4, -0.2) is 58.1 Å². The zero-order valence-corrected chi connectivity index (χ0v) is 20.5. The first-order chi connectivity index (χ1) is 17.6. The average Bonchev–Trinajstić information content (AvgIpc) is 2.89. The molecular formula is C27H24N6O2S. The highest BCUT2D eigenvalue weighted by Gasteiger charge is 2.21. The van der Waals surface area contributed by atoms with Gasteiger partial charge < -0.3 is 19.5 Å². The number of rotatable bonds is 5. The Kier molecular flexibility index (Phi) is 6.00. The van der Waals surface area contributed by atoms with Gasteiger partial charge in [-0.1, -0.05) is 24.3 Å². The minimum atomic E-state index is -0.128. The number of benzene rings is 2. The van der Waals surface area contributed by atoms with Crippen LogP contribution in [0.1, 0.15) is 0 Å². The SMILES string of the molecule is CN1CCN(c2cnc(Sc3ccc4ccc(=O)[nH]c4c3)nc2Oc2cccc3cccnc23)CC1. The molecule has 8 nitrogen and oxygen atoms in total. The second kappa shape index (κ2) is 9.60. The summed E-state index contributed by atoms with van der Waals surface area (Å²) < 4.78 is 6.44. The monoisotopic (exact) mass is 496 g/mol. The molecule has 9 heteroatoms. The minimum Gasteiger partial charge on any atom is -0.435 e. The molecule has 1 fully saturated rings. The topological polar surface area (TPSA) is 87.2 Å². The maximum absolute atomic E-state index is 11.8. The van der Waals surface area contributed by atoms with Gasteiger partial charge in [0.1, 0.15) is 11.2 Å². The number of para-hydroxylation sites is 1. The number of aromatic nitrogens is 4. The molecule has 1 aliphatic heterocycles. The minimum absolute atomic E-state index is 0.128. The lowest BCUT2D eigenvalue weighted by molar-refractivity contribution is 0.311. The standard InChI is InChI=1S/C27H24N6O2S/c1-32-12-14-33(15-13-32)22-17-29-27(36-20-9-7-18-8-10-24(34)30-21(18)16-20)31-26(22)35-23-6-2-4-19-5-3-11-28-25(19)23/h2-11,16-17H,12-15H2,1H3,(H,30,34). The predicted molar refractivity (Wildman–Crippen MR) is 142 cm³/mol. The van der Waals surface area contributed by atoms with E-state index >= 15 is 0 Å². The van der Waals surface area contributed by atoms with Gasteiger partial charge in [0, 0.05) is 54.2 Å². The van der Waals surface area contributed by atoms with E-state index in [0.717, 1.165) is 58.6 Å².